The highest BCUT2D eigenvalue weighted by atomic mass is 19.1. The molecule has 0 radical (unpaired) electrons. The molecule has 70 valence electrons. The third kappa shape index (κ3) is 1.35. The molecule has 0 spiro atoms. The molecule has 0 saturated carbocycles. The quantitative estimate of drug-likeness (QED) is 0.645. The number of carbonyl (C=O) groups excluding carboxylic acids is 1. The molecule has 1 aromatic carbocycles. The van der Waals surface area contributed by atoms with Gasteiger partial charge in [0.25, 0.3) is 0 Å². The maximum Gasteiger partial charge on any atom is 0.193 e. The molecular formula is C10H7FN2O. The van der Waals surface area contributed by atoms with Crippen molar-refractivity contribution in [2.45, 2.75) is 6.92 Å². The Morgan fingerprint density at radius 3 is 2.86 bits per heavy atom. The third-order valence-corrected chi connectivity index (χ3v) is 1.97. The number of aromatic nitrogens is 2. The van der Waals surface area contributed by atoms with Gasteiger partial charge in [-0.15, -0.1) is 0 Å². The number of nitrogens with zero attached hydrogens (tertiary/aromatic N) is 2. The van der Waals surface area contributed by atoms with Crippen LogP contribution in [-0.2, 0) is 0 Å². The van der Waals surface area contributed by atoms with Crippen LogP contribution in [0.2, 0.25) is 0 Å². The third-order valence-electron chi connectivity index (χ3n) is 1.97. The van der Waals surface area contributed by atoms with Crippen LogP contribution in [0.4, 0.5) is 4.39 Å². The Labute approximate surface area is 79.6 Å². The minimum Gasteiger partial charge on any atom is -0.294 e. The van der Waals surface area contributed by atoms with E-state index in [1.54, 1.807) is 13.0 Å². The number of benzene rings is 1. The summed E-state index contributed by atoms with van der Waals surface area (Å²) in [7, 11) is 0. The fourth-order valence-corrected chi connectivity index (χ4v) is 1.34. The van der Waals surface area contributed by atoms with Gasteiger partial charge >= 0.3 is 0 Å². The van der Waals surface area contributed by atoms with Crippen LogP contribution in [0.15, 0.2) is 18.2 Å². The largest absolute Gasteiger partial charge is 0.294 e. The fraction of sp³-hybridized carbons (Fsp3) is 0.100. The lowest BCUT2D eigenvalue weighted by Gasteiger charge is -2.01. The van der Waals surface area contributed by atoms with Gasteiger partial charge < -0.3 is 0 Å². The van der Waals surface area contributed by atoms with Gasteiger partial charge in [-0.05, 0) is 19.1 Å². The lowest BCUT2D eigenvalue weighted by molar-refractivity contribution is 0.111. The highest BCUT2D eigenvalue weighted by molar-refractivity contribution is 5.83. The topological polar surface area (TPSA) is 42.9 Å². The second kappa shape index (κ2) is 3.14. The SMILES string of the molecule is Cc1nc(C=O)nc2cc(F)ccc12. The molecule has 4 heteroatoms. The van der Waals surface area contributed by atoms with Crippen molar-refractivity contribution in [3.05, 3.63) is 35.5 Å². The summed E-state index contributed by atoms with van der Waals surface area (Å²) in [6, 6.07) is 4.24. The zero-order valence-electron chi connectivity index (χ0n) is 7.49. The van der Waals surface area contributed by atoms with Crippen LogP contribution >= 0.6 is 0 Å². The number of aldehydes is 1. The Kier molecular flexibility index (Phi) is 1.96. The number of rotatable bonds is 1. The first kappa shape index (κ1) is 8.74. The summed E-state index contributed by atoms with van der Waals surface area (Å²) in [5, 5.41) is 0.761. The van der Waals surface area contributed by atoms with Crippen LogP contribution < -0.4 is 0 Å². The van der Waals surface area contributed by atoms with E-state index in [1.165, 1.54) is 12.1 Å². The van der Waals surface area contributed by atoms with Crippen LogP contribution in [0.25, 0.3) is 10.9 Å². The Bertz CT molecular complexity index is 511. The van der Waals surface area contributed by atoms with Crippen LogP contribution in [0.1, 0.15) is 16.3 Å². The first-order valence-corrected chi connectivity index (χ1v) is 4.10. The molecule has 3 nitrogen and oxygen atoms in total. The number of halogens is 1. The lowest BCUT2D eigenvalue weighted by atomic mass is 10.2. The molecular weight excluding hydrogens is 183 g/mol. The Morgan fingerprint density at radius 1 is 1.36 bits per heavy atom. The Morgan fingerprint density at radius 2 is 2.14 bits per heavy atom. The van der Waals surface area contributed by atoms with Crippen molar-refractivity contribution in [3.8, 4) is 0 Å². The summed E-state index contributed by atoms with van der Waals surface area (Å²) < 4.78 is 12.9. The summed E-state index contributed by atoms with van der Waals surface area (Å²) in [4.78, 5) is 18.3. The van der Waals surface area contributed by atoms with Gasteiger partial charge in [-0.25, -0.2) is 14.4 Å². The molecule has 0 aliphatic rings. The zero-order chi connectivity index (χ0) is 10.1. The van der Waals surface area contributed by atoms with Gasteiger partial charge in [0.1, 0.15) is 5.82 Å². The van der Waals surface area contributed by atoms with Gasteiger partial charge in [0.15, 0.2) is 12.1 Å². The molecule has 0 amide bonds. The van der Waals surface area contributed by atoms with Crippen LogP contribution in [-0.4, -0.2) is 16.3 Å². The highest BCUT2D eigenvalue weighted by Crippen LogP contribution is 2.15. The molecule has 1 heterocycles. The van der Waals surface area contributed by atoms with E-state index >= 15 is 0 Å². The molecule has 0 aliphatic carbocycles. The predicted molar refractivity (Wildman–Crippen MR) is 49.6 cm³/mol. The summed E-state index contributed by atoms with van der Waals surface area (Å²) >= 11 is 0. The van der Waals surface area contributed by atoms with Crippen molar-refractivity contribution >= 4 is 17.2 Å². The van der Waals surface area contributed by atoms with Gasteiger partial charge in [-0.2, -0.15) is 0 Å². The number of aryl methyl sites for hydroxylation is 1. The van der Waals surface area contributed by atoms with Crippen molar-refractivity contribution < 1.29 is 9.18 Å². The van der Waals surface area contributed by atoms with E-state index in [4.69, 9.17) is 0 Å². The highest BCUT2D eigenvalue weighted by Gasteiger charge is 2.04. The van der Waals surface area contributed by atoms with E-state index in [1.807, 2.05) is 0 Å². The fourth-order valence-electron chi connectivity index (χ4n) is 1.34. The molecule has 2 aromatic rings. The van der Waals surface area contributed by atoms with E-state index in [9.17, 15) is 9.18 Å². The van der Waals surface area contributed by atoms with Crippen molar-refractivity contribution in [2.24, 2.45) is 0 Å². The summed E-state index contributed by atoms with van der Waals surface area (Å²) in [6.07, 6.45) is 0.553. The molecule has 0 fully saturated rings. The van der Waals surface area contributed by atoms with Crippen molar-refractivity contribution in [2.75, 3.05) is 0 Å². The van der Waals surface area contributed by atoms with Crippen molar-refractivity contribution in [1.82, 2.24) is 9.97 Å². The van der Waals surface area contributed by atoms with Gasteiger partial charge in [-0.1, -0.05) is 0 Å². The van der Waals surface area contributed by atoms with Crippen LogP contribution in [0.5, 0.6) is 0 Å². The summed E-state index contributed by atoms with van der Waals surface area (Å²) in [5.74, 6) is -0.284. The van der Waals surface area contributed by atoms with E-state index in [2.05, 4.69) is 9.97 Å². The molecule has 0 atom stereocenters. The normalized spacial score (nSPS) is 10.4. The molecule has 2 rings (SSSR count). The zero-order valence-corrected chi connectivity index (χ0v) is 7.49. The molecule has 14 heavy (non-hydrogen) atoms. The maximum absolute atomic E-state index is 12.9. The van der Waals surface area contributed by atoms with Gasteiger partial charge in [-0.3, -0.25) is 4.79 Å². The molecule has 0 bridgehead atoms. The van der Waals surface area contributed by atoms with E-state index < -0.39 is 0 Å². The van der Waals surface area contributed by atoms with E-state index in [0.29, 0.717) is 17.5 Å². The van der Waals surface area contributed by atoms with E-state index in [-0.39, 0.29) is 11.6 Å². The molecule has 1 aromatic heterocycles. The predicted octanol–water partition coefficient (Wildman–Crippen LogP) is 1.89. The molecule has 0 aliphatic heterocycles. The van der Waals surface area contributed by atoms with Crippen molar-refractivity contribution in [3.63, 3.8) is 0 Å². The Hall–Kier alpha value is -1.84. The smallest absolute Gasteiger partial charge is 0.193 e. The molecule has 0 N–H and O–H groups in total. The van der Waals surface area contributed by atoms with E-state index in [0.717, 1.165) is 5.39 Å². The summed E-state index contributed by atoms with van der Waals surface area (Å²) in [5.41, 5.74) is 1.14. The number of hydrogen-bond acceptors (Lipinski definition) is 3. The van der Waals surface area contributed by atoms with Crippen LogP contribution in [0, 0.1) is 12.7 Å². The minimum atomic E-state index is -0.368. The standard InChI is InChI=1S/C10H7FN2O/c1-6-8-3-2-7(11)4-9(8)13-10(5-14)12-6/h2-5H,1H3. The average Bonchev–Trinajstić information content (AvgIpc) is 2.16. The second-order valence-electron chi connectivity index (χ2n) is 2.95. The van der Waals surface area contributed by atoms with Crippen molar-refractivity contribution in [1.29, 1.82) is 0 Å². The number of carbonyl (C=O) groups is 1. The first-order valence-electron chi connectivity index (χ1n) is 4.10. The average molecular weight is 190 g/mol. The minimum absolute atomic E-state index is 0.0839. The molecule has 0 saturated heterocycles. The van der Waals surface area contributed by atoms with Crippen LogP contribution in [0.3, 0.4) is 0 Å². The number of hydrogen-bond donors (Lipinski definition) is 0. The monoisotopic (exact) mass is 190 g/mol. The first-order chi connectivity index (χ1) is 6.70. The summed E-state index contributed by atoms with van der Waals surface area (Å²) in [6.45, 7) is 1.76. The second-order valence-corrected chi connectivity index (χ2v) is 2.95. The Balaban J connectivity index is 2.83. The number of fused-ring (bicyclic) bond motifs is 1. The lowest BCUT2D eigenvalue weighted by Crippen LogP contribution is -1.96. The maximum atomic E-state index is 12.9. The van der Waals surface area contributed by atoms with Gasteiger partial charge in [0, 0.05) is 17.1 Å². The molecule has 0 unspecified atom stereocenters. The van der Waals surface area contributed by atoms with Gasteiger partial charge in [0.05, 0.1) is 5.52 Å². The van der Waals surface area contributed by atoms with Gasteiger partial charge in [0.2, 0.25) is 0 Å².